The van der Waals surface area contributed by atoms with Crippen LogP contribution in [-0.2, 0) is 17.1 Å². The molecule has 7 aromatic rings. The summed E-state index contributed by atoms with van der Waals surface area (Å²) in [7, 11) is 0. The number of nitrogens with one attached hydrogen (secondary N) is 1. The Kier molecular flexibility index (Phi) is 13.0. The van der Waals surface area contributed by atoms with Crippen LogP contribution in [0.25, 0.3) is 56.0 Å². The number of aromatic nitrogens is 7. The predicted molar refractivity (Wildman–Crippen MR) is 172 cm³/mol. The molecule has 1 aromatic carbocycles. The molecule has 0 atom stereocenters. The van der Waals surface area contributed by atoms with Gasteiger partial charge in [-0.25, -0.2) is 9.97 Å². The van der Waals surface area contributed by atoms with Crippen LogP contribution in [0.3, 0.4) is 0 Å². The first kappa shape index (κ1) is 36.1. The molecule has 48 heavy (non-hydrogen) atoms. The first-order chi connectivity index (χ1) is 22.6. The van der Waals surface area contributed by atoms with E-state index in [1.54, 1.807) is 24.8 Å². The van der Waals surface area contributed by atoms with Gasteiger partial charge in [0, 0.05) is 52.5 Å². The van der Waals surface area contributed by atoms with Gasteiger partial charge in [0.2, 0.25) is 0 Å². The van der Waals surface area contributed by atoms with Crippen LogP contribution in [0.4, 0.5) is 0 Å². The maximum absolute atomic E-state index is 8.36. The van der Waals surface area contributed by atoms with E-state index in [0.717, 1.165) is 67.4 Å². The minimum atomic E-state index is -1.50. The zero-order valence-electron chi connectivity index (χ0n) is 25.3. The van der Waals surface area contributed by atoms with Gasteiger partial charge in [0.05, 0.1) is 33.8 Å². The molecule has 6 heterocycles. The molecule has 245 valence electrons. The summed E-state index contributed by atoms with van der Waals surface area (Å²) >= 11 is 0. The van der Waals surface area contributed by atoms with E-state index in [2.05, 4.69) is 54.2 Å². The van der Waals surface area contributed by atoms with Gasteiger partial charge in [-0.3, -0.25) is 19.9 Å². The molecule has 0 unspecified atom stereocenters. The number of rotatable bonds is 3. The Balaban J connectivity index is 0.000000217. The minimum Gasteiger partial charge on any atom is -0.345 e. The van der Waals surface area contributed by atoms with Gasteiger partial charge in [-0.1, -0.05) is 36.4 Å². The molecule has 3 N–H and O–H groups in total. The van der Waals surface area contributed by atoms with Crippen molar-refractivity contribution in [3.8, 4) is 34.2 Å². The SMILES string of the molecule is Cc1ccc2ccc3ccc(C)nc3c2n1.O=[N+]([O-])O.O=[N+]([O-])O.[Cu+2].c1ccc(-c2cc(-c3ncc[nH]3)cc(-c3ccccn3)n2)nc1. The van der Waals surface area contributed by atoms with Gasteiger partial charge in [0.25, 0.3) is 10.2 Å². The van der Waals surface area contributed by atoms with E-state index in [1.807, 2.05) is 74.5 Å². The summed E-state index contributed by atoms with van der Waals surface area (Å²) in [6.45, 7) is 4.02. The zero-order valence-corrected chi connectivity index (χ0v) is 26.2. The van der Waals surface area contributed by atoms with Crippen molar-refractivity contribution >= 4 is 21.8 Å². The van der Waals surface area contributed by atoms with Gasteiger partial charge >= 0.3 is 17.1 Å². The third-order valence-electron chi connectivity index (χ3n) is 6.25. The normalized spacial score (nSPS) is 9.79. The number of aryl methyl sites for hydroxylation is 2. The van der Waals surface area contributed by atoms with E-state index in [1.165, 1.54) is 0 Å². The van der Waals surface area contributed by atoms with E-state index in [0.29, 0.717) is 0 Å². The molecule has 0 amide bonds. The van der Waals surface area contributed by atoms with Crippen LogP contribution in [0.15, 0.2) is 110 Å². The van der Waals surface area contributed by atoms with Crippen molar-refractivity contribution in [2.24, 2.45) is 0 Å². The van der Waals surface area contributed by atoms with Gasteiger partial charge in [-0.15, -0.1) is 20.2 Å². The average Bonchev–Trinajstić information content (AvgIpc) is 3.61. The molecule has 15 nitrogen and oxygen atoms in total. The van der Waals surface area contributed by atoms with Gasteiger partial charge < -0.3 is 15.4 Å². The Morgan fingerprint density at radius 2 is 1.04 bits per heavy atom. The number of hydrogen-bond acceptors (Lipinski definition) is 10. The minimum absolute atomic E-state index is 0. The van der Waals surface area contributed by atoms with Crippen molar-refractivity contribution in [3.63, 3.8) is 0 Å². The molecule has 16 heteroatoms. The van der Waals surface area contributed by atoms with E-state index in [9.17, 15) is 0 Å². The van der Waals surface area contributed by atoms with E-state index in [-0.39, 0.29) is 17.1 Å². The van der Waals surface area contributed by atoms with Crippen molar-refractivity contribution in [1.82, 2.24) is 34.9 Å². The van der Waals surface area contributed by atoms with Crippen molar-refractivity contribution in [3.05, 3.63) is 141 Å². The fourth-order valence-electron chi connectivity index (χ4n) is 4.34. The number of pyridine rings is 5. The third-order valence-corrected chi connectivity index (χ3v) is 6.25. The first-order valence-corrected chi connectivity index (χ1v) is 13.8. The summed E-state index contributed by atoms with van der Waals surface area (Å²) in [5.74, 6) is 0.793. The second-order valence-electron chi connectivity index (χ2n) is 9.58. The summed E-state index contributed by atoms with van der Waals surface area (Å²) in [5, 5.41) is 29.6. The van der Waals surface area contributed by atoms with Crippen LogP contribution in [0, 0.1) is 34.1 Å². The molecule has 1 radical (unpaired) electrons. The van der Waals surface area contributed by atoms with Crippen LogP contribution in [-0.4, -0.2) is 55.5 Å². The number of nitrogens with zero attached hydrogens (tertiary/aromatic N) is 8. The van der Waals surface area contributed by atoms with Crippen LogP contribution >= 0.6 is 0 Å². The molecule has 0 spiro atoms. The standard InChI is InChI=1S/C18H13N5.C14H12N2.Cu.2HNO3/c1-3-7-19-14(5-1)16-11-13(18-21-9-10-22-18)12-17(23-16)15-6-2-4-8-20-15;1-9-3-5-11-7-8-12-6-4-10(2)16-14(12)13(11)15-9;;2*2-1(3)4/h1-12H,(H,21,22);3-8H,1-2H3;;2*(H,2,3,4)/q;;+2;;. The molecule has 0 aliphatic rings. The summed E-state index contributed by atoms with van der Waals surface area (Å²) in [6.07, 6.45) is 7.06. The second kappa shape index (κ2) is 17.4. The zero-order chi connectivity index (χ0) is 33.8. The number of hydrogen-bond donors (Lipinski definition) is 3. The molecule has 0 aliphatic carbocycles. The van der Waals surface area contributed by atoms with Crippen molar-refractivity contribution in [2.75, 3.05) is 0 Å². The maximum atomic E-state index is 8.36. The predicted octanol–water partition coefficient (Wildman–Crippen LogP) is 6.30. The van der Waals surface area contributed by atoms with Gasteiger partial charge in [0.1, 0.15) is 5.82 Å². The molecule has 0 bridgehead atoms. The number of benzene rings is 1. The van der Waals surface area contributed by atoms with Crippen molar-refractivity contribution in [1.29, 1.82) is 0 Å². The molecule has 0 aliphatic heterocycles. The van der Waals surface area contributed by atoms with Crippen molar-refractivity contribution < 1.29 is 37.7 Å². The Hall–Kier alpha value is -6.38. The van der Waals surface area contributed by atoms with Crippen LogP contribution in [0.5, 0.6) is 0 Å². The monoisotopic (exact) mass is 696 g/mol. The smallest absolute Gasteiger partial charge is 0.345 e. The first-order valence-electron chi connectivity index (χ1n) is 13.8. The van der Waals surface area contributed by atoms with Crippen LogP contribution in [0.2, 0.25) is 0 Å². The summed E-state index contributed by atoms with van der Waals surface area (Å²) < 4.78 is 0. The number of fused-ring (bicyclic) bond motifs is 3. The van der Waals surface area contributed by atoms with Gasteiger partial charge in [-0.05, 0) is 62.4 Å². The number of imidazole rings is 1. The van der Waals surface area contributed by atoms with E-state index >= 15 is 0 Å². The summed E-state index contributed by atoms with van der Waals surface area (Å²) in [5.41, 5.74) is 8.23. The second-order valence-corrected chi connectivity index (χ2v) is 9.58. The summed E-state index contributed by atoms with van der Waals surface area (Å²) in [6, 6.07) is 28.0. The van der Waals surface area contributed by atoms with Gasteiger partial charge in [0.15, 0.2) is 0 Å². The van der Waals surface area contributed by atoms with E-state index < -0.39 is 10.2 Å². The number of aromatic amines is 1. The quantitative estimate of drug-likeness (QED) is 0.0802. The third kappa shape index (κ3) is 10.3. The van der Waals surface area contributed by atoms with Crippen LogP contribution in [0.1, 0.15) is 11.4 Å². The topological polar surface area (TPSA) is 220 Å². The molecule has 6 aromatic heterocycles. The number of H-pyrrole nitrogens is 1. The Labute approximate surface area is 283 Å². The summed E-state index contributed by atoms with van der Waals surface area (Å²) in [4.78, 5) is 46.9. The van der Waals surface area contributed by atoms with Crippen molar-refractivity contribution in [2.45, 2.75) is 13.8 Å². The van der Waals surface area contributed by atoms with Gasteiger partial charge in [-0.2, -0.15) is 0 Å². The molecule has 0 saturated heterocycles. The Morgan fingerprint density at radius 1 is 0.604 bits per heavy atom. The fourth-order valence-corrected chi connectivity index (χ4v) is 4.34. The maximum Gasteiger partial charge on any atom is 2.00 e. The molecular weight excluding hydrogens is 670 g/mol. The molecule has 0 fully saturated rings. The fraction of sp³-hybridized carbons (Fsp3) is 0.0625. The van der Waals surface area contributed by atoms with E-state index in [4.69, 9.17) is 35.6 Å². The largest absolute Gasteiger partial charge is 2.00 e. The molecule has 0 saturated carbocycles. The molecule has 7 rings (SSSR count). The Bertz CT molecular complexity index is 1960. The molecular formula is C32H27CuN9O6+2. The van der Waals surface area contributed by atoms with Crippen LogP contribution < -0.4 is 0 Å². The Morgan fingerprint density at radius 3 is 1.42 bits per heavy atom. The average molecular weight is 697 g/mol.